The molecule has 0 bridgehead atoms. The van der Waals surface area contributed by atoms with Crippen molar-refractivity contribution >= 4 is 29.1 Å². The van der Waals surface area contributed by atoms with Crippen molar-refractivity contribution in [1.29, 1.82) is 0 Å². The van der Waals surface area contributed by atoms with Crippen molar-refractivity contribution in [3.05, 3.63) is 48.0 Å². The molecule has 0 saturated heterocycles. The van der Waals surface area contributed by atoms with Gasteiger partial charge in [0.2, 0.25) is 5.91 Å². The Bertz CT molecular complexity index is 989. The molecule has 1 heterocycles. The lowest BCUT2D eigenvalue weighted by atomic mass is 10.0. The van der Waals surface area contributed by atoms with Crippen LogP contribution in [0, 0.1) is 5.92 Å². The maximum absolute atomic E-state index is 12.9. The molecule has 2 aromatic carbocycles. The first kappa shape index (κ1) is 22.1. The Morgan fingerprint density at radius 3 is 2.65 bits per heavy atom. The largest absolute Gasteiger partial charge is 0.493 e. The molecule has 0 spiro atoms. The molecule has 3 N–H and O–H groups in total. The SMILES string of the molecule is CCOc1ccccc1C(=O)N[C@H](C(=O)Nc1ccc2c(c1)NC(=O)[C@H](C)O2)C(C)C. The summed E-state index contributed by atoms with van der Waals surface area (Å²) in [4.78, 5) is 37.6. The zero-order valence-corrected chi connectivity index (χ0v) is 18.0. The number of nitrogens with one attached hydrogen (secondary N) is 3. The van der Waals surface area contributed by atoms with Crippen LogP contribution in [0.15, 0.2) is 42.5 Å². The first-order valence-electron chi connectivity index (χ1n) is 10.2. The zero-order chi connectivity index (χ0) is 22.5. The van der Waals surface area contributed by atoms with E-state index in [1.165, 1.54) is 0 Å². The van der Waals surface area contributed by atoms with Crippen molar-refractivity contribution in [3.63, 3.8) is 0 Å². The van der Waals surface area contributed by atoms with E-state index < -0.39 is 18.1 Å². The number of hydrogen-bond donors (Lipinski definition) is 3. The molecule has 0 aromatic heterocycles. The summed E-state index contributed by atoms with van der Waals surface area (Å²) in [6.45, 7) is 7.62. The van der Waals surface area contributed by atoms with E-state index in [1.807, 2.05) is 20.8 Å². The predicted octanol–water partition coefficient (Wildman–Crippen LogP) is 3.20. The first-order chi connectivity index (χ1) is 14.8. The molecular formula is C23H27N3O5. The van der Waals surface area contributed by atoms with Crippen molar-refractivity contribution in [2.45, 2.75) is 39.8 Å². The average Bonchev–Trinajstić information content (AvgIpc) is 2.73. The average molecular weight is 425 g/mol. The van der Waals surface area contributed by atoms with Crippen LogP contribution in [0.1, 0.15) is 38.1 Å². The van der Waals surface area contributed by atoms with E-state index in [0.29, 0.717) is 35.0 Å². The van der Waals surface area contributed by atoms with E-state index >= 15 is 0 Å². The van der Waals surface area contributed by atoms with Gasteiger partial charge >= 0.3 is 0 Å². The lowest BCUT2D eigenvalue weighted by molar-refractivity contribution is -0.122. The quantitative estimate of drug-likeness (QED) is 0.632. The van der Waals surface area contributed by atoms with Gasteiger partial charge in [0.05, 0.1) is 17.9 Å². The molecule has 31 heavy (non-hydrogen) atoms. The third-order valence-electron chi connectivity index (χ3n) is 4.85. The highest BCUT2D eigenvalue weighted by molar-refractivity contribution is 6.03. The number of amides is 3. The van der Waals surface area contributed by atoms with Crippen molar-refractivity contribution in [2.75, 3.05) is 17.2 Å². The van der Waals surface area contributed by atoms with E-state index in [2.05, 4.69) is 16.0 Å². The van der Waals surface area contributed by atoms with Gasteiger partial charge in [-0.15, -0.1) is 0 Å². The first-order valence-corrected chi connectivity index (χ1v) is 10.2. The number of para-hydroxylation sites is 1. The monoisotopic (exact) mass is 425 g/mol. The molecule has 2 atom stereocenters. The fourth-order valence-corrected chi connectivity index (χ4v) is 3.20. The summed E-state index contributed by atoms with van der Waals surface area (Å²) in [5.41, 5.74) is 1.33. The van der Waals surface area contributed by atoms with Gasteiger partial charge in [-0.1, -0.05) is 26.0 Å². The minimum Gasteiger partial charge on any atom is -0.493 e. The van der Waals surface area contributed by atoms with E-state index in [-0.39, 0.29) is 17.7 Å². The van der Waals surface area contributed by atoms with Crippen LogP contribution >= 0.6 is 0 Å². The minimum atomic E-state index is -0.774. The molecule has 8 heteroatoms. The van der Waals surface area contributed by atoms with Crippen LogP contribution in [-0.4, -0.2) is 36.5 Å². The Balaban J connectivity index is 1.74. The van der Waals surface area contributed by atoms with Gasteiger partial charge in [-0.05, 0) is 50.1 Å². The molecule has 3 rings (SSSR count). The number of carbonyl (C=O) groups excluding carboxylic acids is 3. The van der Waals surface area contributed by atoms with Gasteiger partial charge in [-0.3, -0.25) is 14.4 Å². The summed E-state index contributed by atoms with van der Waals surface area (Å²) in [6, 6.07) is 11.1. The molecule has 8 nitrogen and oxygen atoms in total. The number of carbonyl (C=O) groups is 3. The highest BCUT2D eigenvalue weighted by Gasteiger charge is 2.27. The molecule has 3 amide bonds. The second kappa shape index (κ2) is 9.51. The molecule has 0 unspecified atom stereocenters. The van der Waals surface area contributed by atoms with Gasteiger partial charge in [0.15, 0.2) is 6.10 Å². The maximum atomic E-state index is 12.9. The molecule has 0 fully saturated rings. The van der Waals surface area contributed by atoms with Crippen LogP contribution in [0.5, 0.6) is 11.5 Å². The molecule has 2 aromatic rings. The Hall–Kier alpha value is -3.55. The summed E-state index contributed by atoms with van der Waals surface area (Å²) in [5.74, 6) is -0.177. The van der Waals surface area contributed by atoms with Crippen molar-refractivity contribution in [3.8, 4) is 11.5 Å². The van der Waals surface area contributed by atoms with E-state index in [9.17, 15) is 14.4 Å². The molecule has 0 radical (unpaired) electrons. The highest BCUT2D eigenvalue weighted by Crippen LogP contribution is 2.32. The fourth-order valence-electron chi connectivity index (χ4n) is 3.20. The summed E-state index contributed by atoms with van der Waals surface area (Å²) in [6.07, 6.45) is -0.576. The molecule has 1 aliphatic heterocycles. The van der Waals surface area contributed by atoms with Crippen LogP contribution in [-0.2, 0) is 9.59 Å². The van der Waals surface area contributed by atoms with Gasteiger partial charge in [-0.2, -0.15) is 0 Å². The second-order valence-electron chi connectivity index (χ2n) is 7.57. The highest BCUT2D eigenvalue weighted by atomic mass is 16.5. The summed E-state index contributed by atoms with van der Waals surface area (Å²) in [5, 5.41) is 8.35. The third kappa shape index (κ3) is 5.14. The van der Waals surface area contributed by atoms with Gasteiger partial charge in [0, 0.05) is 5.69 Å². The van der Waals surface area contributed by atoms with Crippen LogP contribution in [0.3, 0.4) is 0 Å². The van der Waals surface area contributed by atoms with Gasteiger partial charge in [0.25, 0.3) is 11.8 Å². The Kier molecular flexibility index (Phi) is 6.79. The maximum Gasteiger partial charge on any atom is 0.265 e. The summed E-state index contributed by atoms with van der Waals surface area (Å²) < 4.78 is 11.0. The Morgan fingerprint density at radius 1 is 1.19 bits per heavy atom. The lowest BCUT2D eigenvalue weighted by Crippen LogP contribution is -2.47. The van der Waals surface area contributed by atoms with E-state index in [4.69, 9.17) is 9.47 Å². The van der Waals surface area contributed by atoms with E-state index in [0.717, 1.165) is 0 Å². The lowest BCUT2D eigenvalue weighted by Gasteiger charge is -2.25. The van der Waals surface area contributed by atoms with Crippen molar-refractivity contribution in [1.82, 2.24) is 5.32 Å². The zero-order valence-electron chi connectivity index (χ0n) is 18.0. The topological polar surface area (TPSA) is 106 Å². The number of benzene rings is 2. The van der Waals surface area contributed by atoms with Crippen molar-refractivity contribution < 1.29 is 23.9 Å². The van der Waals surface area contributed by atoms with Gasteiger partial charge in [-0.25, -0.2) is 0 Å². The summed E-state index contributed by atoms with van der Waals surface area (Å²) in [7, 11) is 0. The fraction of sp³-hybridized carbons (Fsp3) is 0.348. The normalized spacial score (nSPS) is 15.9. The number of fused-ring (bicyclic) bond motifs is 1. The molecule has 0 aliphatic carbocycles. The number of anilines is 2. The Morgan fingerprint density at radius 2 is 1.94 bits per heavy atom. The smallest absolute Gasteiger partial charge is 0.265 e. The second-order valence-corrected chi connectivity index (χ2v) is 7.57. The van der Waals surface area contributed by atoms with Crippen LogP contribution in [0.2, 0.25) is 0 Å². The van der Waals surface area contributed by atoms with Crippen molar-refractivity contribution in [2.24, 2.45) is 5.92 Å². The van der Waals surface area contributed by atoms with E-state index in [1.54, 1.807) is 49.4 Å². The molecular weight excluding hydrogens is 398 g/mol. The standard InChI is InChI=1S/C23H27N3O5/c1-5-30-18-9-7-6-8-16(18)22(28)26-20(13(2)3)23(29)24-15-10-11-19-17(12-15)25-21(27)14(4)31-19/h6-14,20H,5H2,1-4H3,(H,24,29)(H,25,27)(H,26,28)/t14-,20-/m0/s1. The number of hydrogen-bond acceptors (Lipinski definition) is 5. The number of ether oxygens (including phenoxy) is 2. The molecule has 164 valence electrons. The Labute approximate surface area is 181 Å². The molecule has 1 aliphatic rings. The third-order valence-corrected chi connectivity index (χ3v) is 4.85. The number of rotatable bonds is 7. The van der Waals surface area contributed by atoms with Gasteiger partial charge < -0.3 is 25.4 Å². The predicted molar refractivity (Wildman–Crippen MR) is 117 cm³/mol. The van der Waals surface area contributed by atoms with Crippen LogP contribution in [0.25, 0.3) is 0 Å². The molecule has 0 saturated carbocycles. The summed E-state index contributed by atoms with van der Waals surface area (Å²) >= 11 is 0. The van der Waals surface area contributed by atoms with Crippen LogP contribution < -0.4 is 25.4 Å². The minimum absolute atomic E-state index is 0.162. The van der Waals surface area contributed by atoms with Gasteiger partial charge in [0.1, 0.15) is 17.5 Å². The van der Waals surface area contributed by atoms with Crippen LogP contribution in [0.4, 0.5) is 11.4 Å².